The van der Waals surface area contributed by atoms with Crippen LogP contribution in [0.15, 0.2) is 72.9 Å². The largest absolute Gasteiger partial charge is 0.256 e. The minimum Gasteiger partial charge on any atom is -0.256 e. The molecule has 34 heavy (non-hydrogen) atoms. The van der Waals surface area contributed by atoms with Crippen LogP contribution in [0.5, 0.6) is 0 Å². The fourth-order valence-corrected chi connectivity index (χ4v) is 6.66. The summed E-state index contributed by atoms with van der Waals surface area (Å²) < 4.78 is 0. The average Bonchev–Trinajstić information content (AvgIpc) is 3.08. The molecule has 0 amide bonds. The molecule has 1 aliphatic carbocycles. The molecule has 0 saturated heterocycles. The summed E-state index contributed by atoms with van der Waals surface area (Å²) in [6.07, 6.45) is 4.36. The van der Waals surface area contributed by atoms with Gasteiger partial charge in [-0.1, -0.05) is 101 Å². The first-order valence-electron chi connectivity index (χ1n) is 12.4. The van der Waals surface area contributed by atoms with Crippen molar-refractivity contribution >= 4 is 35.7 Å². The molecule has 0 radical (unpaired) electrons. The Hall–Kier alpha value is -2.97. The maximum absolute atomic E-state index is 4.97. The molecule has 0 N–H and O–H groups in total. The molecule has 0 aliphatic heterocycles. The van der Waals surface area contributed by atoms with Gasteiger partial charge in [0.2, 0.25) is 0 Å². The van der Waals surface area contributed by atoms with E-state index in [-0.39, 0.29) is 5.41 Å². The van der Waals surface area contributed by atoms with Crippen molar-refractivity contribution in [2.45, 2.75) is 58.7 Å². The molecular weight excluding hydrogens is 426 g/mol. The van der Waals surface area contributed by atoms with Crippen LogP contribution in [0.25, 0.3) is 33.7 Å². The van der Waals surface area contributed by atoms with Gasteiger partial charge in [0.1, 0.15) is 0 Å². The number of nitrogens with zero attached hydrogens (tertiary/aromatic N) is 1. The smallest absolute Gasteiger partial charge is 0.0775 e. The van der Waals surface area contributed by atoms with E-state index in [9.17, 15) is 0 Å². The van der Waals surface area contributed by atoms with E-state index in [1.165, 1.54) is 49.3 Å². The van der Waals surface area contributed by atoms with Crippen molar-refractivity contribution in [2.75, 3.05) is 0 Å². The number of allylic oxidation sites excluding steroid dienone is 1. The van der Waals surface area contributed by atoms with Crippen LogP contribution in [0.3, 0.4) is 0 Å². The highest BCUT2D eigenvalue weighted by Gasteiger charge is 2.37. The lowest BCUT2D eigenvalue weighted by molar-refractivity contribution is 0.702. The fraction of sp³-hybridized carbons (Fsp3) is 0.281. The van der Waals surface area contributed by atoms with Gasteiger partial charge in [0.15, 0.2) is 0 Å². The van der Waals surface area contributed by atoms with E-state index in [1.807, 2.05) is 6.20 Å². The molecule has 0 saturated carbocycles. The number of hydrogen-bond donors (Lipinski definition) is 0. The van der Waals surface area contributed by atoms with Crippen LogP contribution in [-0.4, -0.2) is 13.1 Å². The molecule has 0 spiro atoms. The summed E-state index contributed by atoms with van der Waals surface area (Å²) in [6, 6.07) is 24.9. The highest BCUT2D eigenvalue weighted by atomic mass is 28.3. The van der Waals surface area contributed by atoms with Crippen molar-refractivity contribution < 1.29 is 0 Å². The van der Waals surface area contributed by atoms with Crippen LogP contribution < -0.4 is 5.19 Å². The first-order valence-corrected chi connectivity index (χ1v) is 15.9. The zero-order valence-corrected chi connectivity index (χ0v) is 22.5. The quantitative estimate of drug-likeness (QED) is 0.278. The molecule has 2 heteroatoms. The maximum atomic E-state index is 4.97. The van der Waals surface area contributed by atoms with Gasteiger partial charge in [-0.05, 0) is 68.8 Å². The van der Waals surface area contributed by atoms with Crippen LogP contribution in [0, 0.1) is 0 Å². The van der Waals surface area contributed by atoms with Crippen molar-refractivity contribution in [3.63, 3.8) is 0 Å². The summed E-state index contributed by atoms with van der Waals surface area (Å²) in [5, 5.41) is 4.13. The van der Waals surface area contributed by atoms with Crippen LogP contribution in [-0.2, 0) is 5.41 Å². The minimum atomic E-state index is -1.31. The van der Waals surface area contributed by atoms with Gasteiger partial charge in [-0.2, -0.15) is 0 Å². The Balaban J connectivity index is 1.64. The minimum absolute atomic E-state index is 0.122. The third-order valence-corrected chi connectivity index (χ3v) is 9.50. The van der Waals surface area contributed by atoms with E-state index in [2.05, 4.69) is 120 Å². The average molecular weight is 462 g/mol. The van der Waals surface area contributed by atoms with E-state index in [4.69, 9.17) is 4.98 Å². The third kappa shape index (κ3) is 3.75. The van der Waals surface area contributed by atoms with Crippen LogP contribution >= 0.6 is 0 Å². The molecule has 1 heterocycles. The SMILES string of the molecule is CC(C)c1cc(-c2nccc3c2C(C)(C)C(c2ccc([Si](C)(C)C)cc2)=C3)cc2ccccc12. The Bertz CT molecular complexity index is 1420. The summed E-state index contributed by atoms with van der Waals surface area (Å²) in [7, 11) is -1.31. The van der Waals surface area contributed by atoms with E-state index in [0.717, 1.165) is 5.69 Å². The van der Waals surface area contributed by atoms with Gasteiger partial charge >= 0.3 is 0 Å². The van der Waals surface area contributed by atoms with Crippen molar-refractivity contribution in [1.82, 2.24) is 4.98 Å². The van der Waals surface area contributed by atoms with E-state index in [0.29, 0.717) is 5.92 Å². The number of benzene rings is 3. The van der Waals surface area contributed by atoms with Crippen molar-refractivity contribution in [3.8, 4) is 11.3 Å². The Kier molecular flexibility index (Phi) is 5.40. The summed E-state index contributed by atoms with van der Waals surface area (Å²) in [6.45, 7) is 16.5. The monoisotopic (exact) mass is 461 g/mol. The van der Waals surface area contributed by atoms with Gasteiger partial charge in [-0.15, -0.1) is 0 Å². The molecule has 0 bridgehead atoms. The summed E-state index contributed by atoms with van der Waals surface area (Å²) in [5.41, 5.74) is 8.92. The van der Waals surface area contributed by atoms with Gasteiger partial charge in [0, 0.05) is 17.2 Å². The van der Waals surface area contributed by atoms with E-state index in [1.54, 1.807) is 0 Å². The van der Waals surface area contributed by atoms with Crippen LogP contribution in [0.4, 0.5) is 0 Å². The summed E-state index contributed by atoms with van der Waals surface area (Å²) >= 11 is 0. The molecule has 172 valence electrons. The highest BCUT2D eigenvalue weighted by molar-refractivity contribution is 6.88. The maximum Gasteiger partial charge on any atom is 0.0775 e. The van der Waals surface area contributed by atoms with Gasteiger partial charge in [-0.3, -0.25) is 4.98 Å². The molecule has 0 unspecified atom stereocenters. The first-order chi connectivity index (χ1) is 16.1. The molecule has 1 aromatic heterocycles. The Morgan fingerprint density at radius 1 is 0.824 bits per heavy atom. The molecule has 3 aromatic carbocycles. The number of hydrogen-bond acceptors (Lipinski definition) is 1. The van der Waals surface area contributed by atoms with Crippen molar-refractivity contribution in [1.29, 1.82) is 0 Å². The number of pyridine rings is 1. The van der Waals surface area contributed by atoms with Crippen LogP contribution in [0.2, 0.25) is 19.6 Å². The highest BCUT2D eigenvalue weighted by Crippen LogP contribution is 2.49. The van der Waals surface area contributed by atoms with Gasteiger partial charge in [0.25, 0.3) is 0 Å². The number of aromatic nitrogens is 1. The Morgan fingerprint density at radius 3 is 2.21 bits per heavy atom. The topological polar surface area (TPSA) is 12.9 Å². The summed E-state index contributed by atoms with van der Waals surface area (Å²) in [5.74, 6) is 0.452. The Labute approximate surface area is 205 Å². The normalized spacial score (nSPS) is 15.0. The first kappa shape index (κ1) is 22.8. The fourth-order valence-electron chi connectivity index (χ4n) is 5.49. The zero-order chi connectivity index (χ0) is 24.3. The molecule has 5 rings (SSSR count). The van der Waals surface area contributed by atoms with Crippen molar-refractivity contribution in [2.24, 2.45) is 0 Å². The predicted octanol–water partition coefficient (Wildman–Crippen LogP) is 8.40. The molecular formula is C32H35NSi. The molecule has 1 aliphatic rings. The van der Waals surface area contributed by atoms with Crippen molar-refractivity contribution in [3.05, 3.63) is 95.2 Å². The molecule has 1 nitrogen and oxygen atoms in total. The van der Waals surface area contributed by atoms with Gasteiger partial charge in [0.05, 0.1) is 13.8 Å². The molecule has 0 fully saturated rings. The second kappa shape index (κ2) is 8.06. The molecule has 4 aromatic rings. The third-order valence-electron chi connectivity index (χ3n) is 7.43. The number of fused-ring (bicyclic) bond motifs is 2. The zero-order valence-electron chi connectivity index (χ0n) is 21.5. The second-order valence-electron chi connectivity index (χ2n) is 11.6. The number of rotatable bonds is 4. The standard InChI is InChI=1S/C32H35NSi/c1-21(2)28-19-25(18-23-10-8-9-11-27(23)28)31-30-24(16-17-33-31)20-29(32(30,3)4)22-12-14-26(15-13-22)34(5,6)7/h8-21H,1-7H3. The van der Waals surface area contributed by atoms with E-state index < -0.39 is 8.07 Å². The predicted molar refractivity (Wildman–Crippen MR) is 152 cm³/mol. The van der Waals surface area contributed by atoms with Gasteiger partial charge < -0.3 is 0 Å². The van der Waals surface area contributed by atoms with Crippen LogP contribution in [0.1, 0.15) is 55.9 Å². The lowest BCUT2D eigenvalue weighted by atomic mass is 9.76. The summed E-state index contributed by atoms with van der Waals surface area (Å²) in [4.78, 5) is 4.97. The lowest BCUT2D eigenvalue weighted by Crippen LogP contribution is -2.37. The molecule has 0 atom stereocenters. The van der Waals surface area contributed by atoms with Gasteiger partial charge in [-0.25, -0.2) is 0 Å². The Morgan fingerprint density at radius 2 is 1.53 bits per heavy atom. The lowest BCUT2D eigenvalue weighted by Gasteiger charge is -2.28. The second-order valence-corrected chi connectivity index (χ2v) is 16.7. The van der Waals surface area contributed by atoms with E-state index >= 15 is 0 Å².